The lowest BCUT2D eigenvalue weighted by Crippen LogP contribution is -2.67. The number of aliphatic hydroxyl groups is 1. The van der Waals surface area contributed by atoms with Crippen LogP contribution in [-0.4, -0.2) is 23.9 Å². The first kappa shape index (κ1) is 22.4. The second kappa shape index (κ2) is 6.37. The fourth-order valence-electron chi connectivity index (χ4n) is 12.0. The fourth-order valence-corrected chi connectivity index (χ4v) is 12.0. The molecule has 2 bridgehead atoms. The van der Waals surface area contributed by atoms with Gasteiger partial charge in [-0.2, -0.15) is 0 Å². The third-order valence-corrected chi connectivity index (χ3v) is 14.1. The lowest BCUT2D eigenvalue weighted by molar-refractivity contribution is -0.252. The van der Waals surface area contributed by atoms with Crippen LogP contribution in [0.1, 0.15) is 113 Å². The molecular formula is C30H50O2. The summed E-state index contributed by atoms with van der Waals surface area (Å²) in [6.45, 7) is 18.9. The molecule has 5 aliphatic carbocycles. The van der Waals surface area contributed by atoms with E-state index in [9.17, 15) is 5.11 Å². The predicted octanol–water partition coefficient (Wildman–Crippen LogP) is 7.24. The van der Waals surface area contributed by atoms with E-state index in [4.69, 9.17) is 4.74 Å². The van der Waals surface area contributed by atoms with E-state index < -0.39 is 0 Å². The maximum Gasteiger partial charge on any atom is 0.0663 e. The highest BCUT2D eigenvalue weighted by molar-refractivity contribution is 5.21. The van der Waals surface area contributed by atoms with Gasteiger partial charge in [0.15, 0.2) is 0 Å². The number of hydrogen-bond acceptors (Lipinski definition) is 2. The van der Waals surface area contributed by atoms with Crippen molar-refractivity contribution in [3.63, 3.8) is 0 Å². The summed E-state index contributed by atoms with van der Waals surface area (Å²) in [4.78, 5) is 0. The summed E-state index contributed by atoms with van der Waals surface area (Å²) in [7, 11) is 0. The molecule has 0 aromatic carbocycles. The van der Waals surface area contributed by atoms with E-state index in [1.54, 1.807) is 0 Å². The van der Waals surface area contributed by atoms with Crippen LogP contribution in [-0.2, 0) is 4.74 Å². The molecular weight excluding hydrogens is 392 g/mol. The summed E-state index contributed by atoms with van der Waals surface area (Å²) < 4.78 is 6.71. The molecule has 0 aromatic rings. The Morgan fingerprint density at radius 3 is 2.16 bits per heavy atom. The summed E-state index contributed by atoms with van der Waals surface area (Å²) >= 11 is 0. The van der Waals surface area contributed by atoms with Crippen molar-refractivity contribution in [3.05, 3.63) is 0 Å². The molecule has 2 nitrogen and oxygen atoms in total. The molecule has 1 saturated heterocycles. The van der Waals surface area contributed by atoms with Crippen LogP contribution < -0.4 is 0 Å². The molecule has 1 heterocycles. The van der Waals surface area contributed by atoms with Crippen molar-refractivity contribution in [1.82, 2.24) is 0 Å². The molecule has 0 spiro atoms. The monoisotopic (exact) mass is 442 g/mol. The van der Waals surface area contributed by atoms with Crippen molar-refractivity contribution in [2.75, 3.05) is 6.61 Å². The second-order valence-electron chi connectivity index (χ2n) is 15.7. The van der Waals surface area contributed by atoms with Crippen molar-refractivity contribution in [1.29, 1.82) is 0 Å². The number of aliphatic hydroxyl groups excluding tert-OH is 1. The molecule has 6 fully saturated rings. The highest BCUT2D eigenvalue weighted by atomic mass is 16.5. The zero-order valence-electron chi connectivity index (χ0n) is 22.1. The molecule has 10 atom stereocenters. The van der Waals surface area contributed by atoms with Crippen molar-refractivity contribution >= 4 is 0 Å². The predicted molar refractivity (Wildman–Crippen MR) is 130 cm³/mol. The maximum atomic E-state index is 10.9. The molecule has 6 aliphatic rings. The zero-order chi connectivity index (χ0) is 22.9. The number of fused-ring (bicyclic) bond motifs is 5. The van der Waals surface area contributed by atoms with E-state index in [-0.39, 0.29) is 11.5 Å². The number of ether oxygens (including phenoxy) is 1. The summed E-state index contributed by atoms with van der Waals surface area (Å²) in [6.07, 6.45) is 13.7. The Hall–Kier alpha value is -0.0800. The first-order valence-electron chi connectivity index (χ1n) is 14.1. The SMILES string of the molecule is CC1(C)CCC23CC[C@]4(C)C(CCC5[C@@]6(C)CCC(O)C(C)(C)C6CC[C@]54C)C2C1OC3. The molecule has 1 N–H and O–H groups in total. The average molecular weight is 443 g/mol. The molecule has 7 unspecified atom stereocenters. The van der Waals surface area contributed by atoms with Gasteiger partial charge in [0, 0.05) is 0 Å². The summed E-state index contributed by atoms with van der Waals surface area (Å²) in [5.41, 5.74) is 2.16. The van der Waals surface area contributed by atoms with Crippen LogP contribution in [0.5, 0.6) is 0 Å². The Kier molecular flexibility index (Phi) is 4.46. The van der Waals surface area contributed by atoms with E-state index in [2.05, 4.69) is 48.5 Å². The Morgan fingerprint density at radius 1 is 0.688 bits per heavy atom. The smallest absolute Gasteiger partial charge is 0.0663 e. The zero-order valence-corrected chi connectivity index (χ0v) is 22.1. The molecule has 0 aromatic heterocycles. The van der Waals surface area contributed by atoms with Crippen LogP contribution in [0.3, 0.4) is 0 Å². The molecule has 0 amide bonds. The van der Waals surface area contributed by atoms with Crippen molar-refractivity contribution < 1.29 is 9.84 Å². The highest BCUT2D eigenvalue weighted by Gasteiger charge is 2.72. The maximum absolute atomic E-state index is 10.9. The average Bonchev–Trinajstić information content (AvgIpc) is 3.05. The Morgan fingerprint density at radius 2 is 1.41 bits per heavy atom. The van der Waals surface area contributed by atoms with Gasteiger partial charge < -0.3 is 9.84 Å². The van der Waals surface area contributed by atoms with Gasteiger partial charge in [0.2, 0.25) is 0 Å². The first-order valence-corrected chi connectivity index (χ1v) is 14.1. The Bertz CT molecular complexity index is 801. The van der Waals surface area contributed by atoms with Crippen LogP contribution in [0, 0.1) is 56.2 Å². The first-order chi connectivity index (χ1) is 14.8. The lowest BCUT2D eigenvalue weighted by atomic mass is 9.31. The van der Waals surface area contributed by atoms with Crippen LogP contribution >= 0.6 is 0 Å². The minimum atomic E-state index is -0.122. The summed E-state index contributed by atoms with van der Waals surface area (Å²) in [5.74, 6) is 3.11. The van der Waals surface area contributed by atoms with Crippen molar-refractivity contribution in [2.24, 2.45) is 56.2 Å². The van der Waals surface area contributed by atoms with Crippen LogP contribution in [0.15, 0.2) is 0 Å². The van der Waals surface area contributed by atoms with E-state index >= 15 is 0 Å². The normalized spacial score (nSPS) is 60.0. The minimum Gasteiger partial charge on any atom is -0.393 e. The van der Waals surface area contributed by atoms with Gasteiger partial charge in [0.05, 0.1) is 18.8 Å². The van der Waals surface area contributed by atoms with Crippen LogP contribution in [0.25, 0.3) is 0 Å². The molecule has 0 radical (unpaired) electrons. The summed E-state index contributed by atoms with van der Waals surface area (Å²) in [6, 6.07) is 0. The van der Waals surface area contributed by atoms with E-state index in [0.717, 1.165) is 30.8 Å². The standard InChI is InChI=1S/C30H50O2/c1-25(2)14-16-30-17-15-28(6)19(23(30)24(25)32-18-30)8-9-21-27(5)12-11-22(31)26(3,4)20(27)10-13-29(21,28)7/h19-24,31H,8-18H2,1-7H3/t19?,20?,21?,22?,23?,24?,27-,28+,29+,30?/m0/s1. The Labute approximate surface area is 197 Å². The van der Waals surface area contributed by atoms with Crippen LogP contribution in [0.2, 0.25) is 0 Å². The van der Waals surface area contributed by atoms with Gasteiger partial charge in [-0.25, -0.2) is 0 Å². The van der Waals surface area contributed by atoms with Crippen molar-refractivity contribution in [3.8, 4) is 0 Å². The highest BCUT2D eigenvalue weighted by Crippen LogP contribution is 2.78. The van der Waals surface area contributed by atoms with Gasteiger partial charge in [0.25, 0.3) is 0 Å². The number of rotatable bonds is 0. The third kappa shape index (κ3) is 2.41. The van der Waals surface area contributed by atoms with E-state index in [1.165, 1.54) is 57.8 Å². The van der Waals surface area contributed by atoms with Gasteiger partial charge >= 0.3 is 0 Å². The Balaban J connectivity index is 1.39. The third-order valence-electron chi connectivity index (χ3n) is 14.1. The molecule has 2 heteroatoms. The largest absolute Gasteiger partial charge is 0.393 e. The van der Waals surface area contributed by atoms with Crippen LogP contribution in [0.4, 0.5) is 0 Å². The van der Waals surface area contributed by atoms with Gasteiger partial charge in [-0.05, 0) is 120 Å². The molecule has 5 saturated carbocycles. The van der Waals surface area contributed by atoms with Gasteiger partial charge in [-0.3, -0.25) is 0 Å². The van der Waals surface area contributed by atoms with Gasteiger partial charge in [0.1, 0.15) is 0 Å². The molecule has 182 valence electrons. The van der Waals surface area contributed by atoms with Gasteiger partial charge in [-0.15, -0.1) is 0 Å². The lowest BCUT2D eigenvalue weighted by Gasteiger charge is -2.73. The van der Waals surface area contributed by atoms with E-state index in [1.807, 2.05) is 0 Å². The van der Waals surface area contributed by atoms with E-state index in [0.29, 0.717) is 39.1 Å². The molecule has 1 aliphatic heterocycles. The molecule has 6 rings (SSSR count). The quantitative estimate of drug-likeness (QED) is 0.428. The number of hydrogen-bond donors (Lipinski definition) is 1. The summed E-state index contributed by atoms with van der Waals surface area (Å²) in [5, 5.41) is 10.9. The topological polar surface area (TPSA) is 29.5 Å². The van der Waals surface area contributed by atoms with Gasteiger partial charge in [-0.1, -0.05) is 48.5 Å². The molecule has 32 heavy (non-hydrogen) atoms. The second-order valence-corrected chi connectivity index (χ2v) is 15.7. The minimum absolute atomic E-state index is 0.0586. The fraction of sp³-hybridized carbons (Fsp3) is 1.00. The van der Waals surface area contributed by atoms with Crippen molar-refractivity contribution in [2.45, 2.75) is 125 Å².